The van der Waals surface area contributed by atoms with Gasteiger partial charge in [0.05, 0.1) is 5.76 Å². The van der Waals surface area contributed by atoms with E-state index in [2.05, 4.69) is 50.2 Å². The predicted octanol–water partition coefficient (Wildman–Crippen LogP) is 7.79. The Labute approximate surface area is 249 Å². The molecule has 40 heavy (non-hydrogen) atoms. The zero-order chi connectivity index (χ0) is 27.8. The van der Waals surface area contributed by atoms with Gasteiger partial charge >= 0.3 is 0 Å². The molecule has 0 atom stereocenters. The largest absolute Gasteiger partial charge is 0.512 e. The van der Waals surface area contributed by atoms with E-state index in [0.29, 0.717) is 17.5 Å². The first kappa shape index (κ1) is 30.3. The molecule has 1 N–H and O–H groups in total. The molecule has 5 rings (SSSR count). The number of aryl methyl sites for hydroxylation is 2. The number of aliphatic hydroxyl groups is 1. The van der Waals surface area contributed by atoms with Crippen molar-refractivity contribution in [3.63, 3.8) is 0 Å². The molecule has 0 saturated heterocycles. The van der Waals surface area contributed by atoms with Crippen molar-refractivity contribution in [2.75, 3.05) is 0 Å². The van der Waals surface area contributed by atoms with Gasteiger partial charge in [0.1, 0.15) is 5.82 Å². The number of aliphatic hydroxyl groups excluding tert-OH is 1. The number of carbonyl (C=O) groups is 1. The minimum atomic E-state index is -0.125. The second kappa shape index (κ2) is 14.2. The Morgan fingerprint density at radius 2 is 1.15 bits per heavy atom. The first-order valence-electron chi connectivity index (χ1n) is 12.6. The minimum absolute atomic E-state index is 0. The molecule has 5 nitrogen and oxygen atoms in total. The summed E-state index contributed by atoms with van der Waals surface area (Å²) in [6.07, 6.45) is 1.17. The summed E-state index contributed by atoms with van der Waals surface area (Å²) in [6, 6.07) is 37.0. The summed E-state index contributed by atoms with van der Waals surface area (Å²) in [5.41, 5.74) is 7.22. The van der Waals surface area contributed by atoms with Gasteiger partial charge < -0.3 is 5.11 Å². The third-order valence-corrected chi connectivity index (χ3v) is 5.74. The van der Waals surface area contributed by atoms with Gasteiger partial charge in [-0.1, -0.05) is 65.2 Å². The summed E-state index contributed by atoms with van der Waals surface area (Å²) >= 11 is 0. The summed E-state index contributed by atoms with van der Waals surface area (Å²) < 4.78 is 0. The van der Waals surface area contributed by atoms with Crippen molar-refractivity contribution in [2.24, 2.45) is 0 Å². The van der Waals surface area contributed by atoms with Gasteiger partial charge in [0.15, 0.2) is 17.4 Å². The Bertz CT molecular complexity index is 1510. The van der Waals surface area contributed by atoms with E-state index < -0.39 is 0 Å². The summed E-state index contributed by atoms with van der Waals surface area (Å²) in [5.74, 6) is 1.88. The number of hydrogen-bond acceptors (Lipinski definition) is 5. The Hall–Kier alpha value is -4.25. The number of aromatic nitrogens is 3. The van der Waals surface area contributed by atoms with Gasteiger partial charge in [-0.15, -0.1) is 18.2 Å². The second-order valence-electron chi connectivity index (χ2n) is 9.20. The minimum Gasteiger partial charge on any atom is -0.512 e. The van der Waals surface area contributed by atoms with E-state index in [1.165, 1.54) is 31.1 Å². The number of carbonyl (C=O) groups excluding carboxylic acids is 1. The van der Waals surface area contributed by atoms with Gasteiger partial charge in [-0.3, -0.25) is 4.79 Å². The standard InChI is InChI=1S/C29H21N3.C5H8O2.Ir/c1-20-8-12-24(13-9-20)27-30-28(25-14-10-21(2)11-15-25)32-29(31-27)26-18-16-23(17-19-26)22-6-4-3-5-7-22;1-4(6)3-5(2)7;/h3-6,8-16,18-19H,1-2H3;3,6H,1-2H3;/q-2;;/b;4-3-;. The maximum absolute atomic E-state index is 10.0. The molecule has 0 unspecified atom stereocenters. The van der Waals surface area contributed by atoms with Crippen LogP contribution in [-0.4, -0.2) is 25.8 Å². The van der Waals surface area contributed by atoms with Crippen molar-refractivity contribution in [3.05, 3.63) is 126 Å². The fourth-order valence-electron chi connectivity index (χ4n) is 3.75. The van der Waals surface area contributed by atoms with Gasteiger partial charge in [-0.05, 0) is 27.7 Å². The van der Waals surface area contributed by atoms with Crippen LogP contribution in [0.5, 0.6) is 0 Å². The smallest absolute Gasteiger partial charge is 0.163 e. The molecule has 4 aromatic carbocycles. The maximum atomic E-state index is 10.0. The molecular weight excluding hydrogens is 675 g/mol. The number of allylic oxidation sites excluding steroid dienone is 2. The SMILES string of the molecule is CC(=O)/C=C(/C)O.Cc1ccc(-c2nc(-c3c[c-]c(-c4[c-]cccc4)cc3)nc(-c3ccc(C)cc3)n2)cc1.[Ir]. The molecule has 6 heteroatoms. The number of benzene rings is 4. The van der Waals surface area contributed by atoms with Crippen LogP contribution in [0.1, 0.15) is 25.0 Å². The van der Waals surface area contributed by atoms with Crippen LogP contribution in [0.15, 0.2) is 103 Å². The molecule has 1 aromatic heterocycles. The molecule has 1 heterocycles. The van der Waals surface area contributed by atoms with Gasteiger partial charge in [0.25, 0.3) is 0 Å². The molecular formula is C34H29IrN3O2-2. The molecule has 0 aliphatic rings. The van der Waals surface area contributed by atoms with E-state index in [1.807, 2.05) is 66.7 Å². The summed E-state index contributed by atoms with van der Waals surface area (Å²) in [7, 11) is 0. The van der Waals surface area contributed by atoms with Crippen molar-refractivity contribution in [3.8, 4) is 45.3 Å². The van der Waals surface area contributed by atoms with Crippen LogP contribution >= 0.6 is 0 Å². The number of nitrogens with zero attached hydrogens (tertiary/aromatic N) is 3. The van der Waals surface area contributed by atoms with E-state index in [4.69, 9.17) is 20.1 Å². The van der Waals surface area contributed by atoms with Gasteiger partial charge in [-0.25, -0.2) is 26.1 Å². The van der Waals surface area contributed by atoms with E-state index in [1.54, 1.807) is 0 Å². The molecule has 203 valence electrons. The van der Waals surface area contributed by atoms with Crippen molar-refractivity contribution < 1.29 is 30.0 Å². The monoisotopic (exact) mass is 704 g/mol. The molecule has 0 aliphatic heterocycles. The number of ketones is 1. The van der Waals surface area contributed by atoms with Gasteiger partial charge in [0, 0.05) is 37.3 Å². The molecule has 0 amide bonds. The Kier molecular flexibility index (Phi) is 10.8. The average Bonchev–Trinajstić information content (AvgIpc) is 2.94. The molecule has 0 bridgehead atoms. The third kappa shape index (κ3) is 8.37. The average molecular weight is 704 g/mol. The molecule has 1 radical (unpaired) electrons. The van der Waals surface area contributed by atoms with E-state index in [9.17, 15) is 4.79 Å². The third-order valence-electron chi connectivity index (χ3n) is 5.74. The summed E-state index contributed by atoms with van der Waals surface area (Å²) in [4.78, 5) is 24.4. The van der Waals surface area contributed by atoms with Crippen LogP contribution in [0.4, 0.5) is 0 Å². The van der Waals surface area contributed by atoms with Crippen LogP contribution in [0.2, 0.25) is 0 Å². The van der Waals surface area contributed by atoms with Crippen molar-refractivity contribution >= 4 is 5.78 Å². The predicted molar refractivity (Wildman–Crippen MR) is 156 cm³/mol. The maximum Gasteiger partial charge on any atom is 0.163 e. The molecule has 0 saturated carbocycles. The summed E-state index contributed by atoms with van der Waals surface area (Å²) in [5, 5.41) is 8.36. The van der Waals surface area contributed by atoms with Crippen molar-refractivity contribution in [1.82, 2.24) is 15.0 Å². The molecule has 0 aliphatic carbocycles. The molecule has 0 spiro atoms. The number of rotatable bonds is 5. The fourth-order valence-corrected chi connectivity index (χ4v) is 3.75. The quantitative estimate of drug-likeness (QED) is 0.115. The second-order valence-corrected chi connectivity index (χ2v) is 9.20. The molecule has 0 fully saturated rings. The first-order valence-corrected chi connectivity index (χ1v) is 12.6. The van der Waals surface area contributed by atoms with E-state index >= 15 is 0 Å². The van der Waals surface area contributed by atoms with Gasteiger partial charge in [-0.2, -0.15) is 36.4 Å². The zero-order valence-corrected chi connectivity index (χ0v) is 25.2. The Morgan fingerprint density at radius 1 is 0.675 bits per heavy atom. The van der Waals surface area contributed by atoms with E-state index in [0.717, 1.165) is 27.8 Å². The van der Waals surface area contributed by atoms with Crippen molar-refractivity contribution in [1.29, 1.82) is 0 Å². The zero-order valence-electron chi connectivity index (χ0n) is 22.8. The fraction of sp³-hybridized carbons (Fsp3) is 0.118. The molecule has 5 aromatic rings. The topological polar surface area (TPSA) is 76.0 Å². The number of hydrogen-bond donors (Lipinski definition) is 1. The van der Waals surface area contributed by atoms with E-state index in [-0.39, 0.29) is 31.6 Å². The Morgan fingerprint density at radius 3 is 1.52 bits per heavy atom. The van der Waals surface area contributed by atoms with Crippen LogP contribution in [-0.2, 0) is 24.9 Å². The normalized spacial score (nSPS) is 10.7. The van der Waals surface area contributed by atoms with Crippen LogP contribution < -0.4 is 0 Å². The van der Waals surface area contributed by atoms with Crippen LogP contribution in [0, 0.1) is 26.0 Å². The summed E-state index contributed by atoms with van der Waals surface area (Å²) in [6.45, 7) is 6.99. The van der Waals surface area contributed by atoms with Crippen LogP contribution in [0.25, 0.3) is 45.3 Å². The van der Waals surface area contributed by atoms with Gasteiger partial charge in [0.2, 0.25) is 0 Å². The van der Waals surface area contributed by atoms with Crippen LogP contribution in [0.3, 0.4) is 0 Å². The first-order chi connectivity index (χ1) is 18.8. The van der Waals surface area contributed by atoms with Crippen molar-refractivity contribution in [2.45, 2.75) is 27.7 Å². The Balaban J connectivity index is 0.000000492.